The molecule has 0 aliphatic heterocycles. The Hall–Kier alpha value is 0.625. The van der Waals surface area contributed by atoms with Gasteiger partial charge in [-0.25, -0.2) is 0 Å². The molecule has 2 nitrogen and oxygen atoms in total. The maximum Gasteiger partial charge on any atom is 0.489 e. The maximum absolute atomic E-state index is 9.18. The molecule has 0 aliphatic rings. The highest BCUT2D eigenvalue weighted by atomic mass is 127. The van der Waals surface area contributed by atoms with E-state index in [-0.39, 0.29) is 0 Å². The standard InChI is InChI=1S/C8H5BI2O2S/c10-6-3-5(9(12)13)7(11)8-4(6)1-2-14-8/h1-3,12-13H. The second-order valence-corrected chi connectivity index (χ2v) is 5.96. The van der Waals surface area contributed by atoms with Gasteiger partial charge in [-0.1, -0.05) is 0 Å². The van der Waals surface area contributed by atoms with Gasteiger partial charge in [-0.05, 0) is 68.2 Å². The summed E-state index contributed by atoms with van der Waals surface area (Å²) in [6, 6.07) is 3.87. The molecule has 72 valence electrons. The van der Waals surface area contributed by atoms with Gasteiger partial charge in [-0.15, -0.1) is 11.3 Å². The van der Waals surface area contributed by atoms with E-state index in [0.717, 1.165) is 11.8 Å². The third kappa shape index (κ3) is 1.82. The van der Waals surface area contributed by atoms with Crippen molar-refractivity contribution >= 4 is 79.2 Å². The minimum atomic E-state index is -1.39. The van der Waals surface area contributed by atoms with Crippen LogP contribution in [0.15, 0.2) is 17.5 Å². The molecule has 1 heterocycles. The zero-order valence-corrected chi connectivity index (χ0v) is 12.0. The number of thiophene rings is 1. The molecule has 2 aromatic rings. The fourth-order valence-corrected chi connectivity index (χ4v) is 4.20. The van der Waals surface area contributed by atoms with Crippen LogP contribution in [0.3, 0.4) is 0 Å². The van der Waals surface area contributed by atoms with Crippen molar-refractivity contribution < 1.29 is 10.0 Å². The average molecular weight is 430 g/mol. The highest BCUT2D eigenvalue weighted by Gasteiger charge is 2.18. The highest BCUT2D eigenvalue weighted by molar-refractivity contribution is 14.1. The third-order valence-corrected chi connectivity index (χ3v) is 5.29. The molecule has 1 aromatic heterocycles. The van der Waals surface area contributed by atoms with Crippen molar-refractivity contribution in [3.8, 4) is 0 Å². The van der Waals surface area contributed by atoms with Crippen LogP contribution in [-0.4, -0.2) is 17.2 Å². The summed E-state index contributed by atoms with van der Waals surface area (Å²) in [5.74, 6) is 0. The Morgan fingerprint density at radius 3 is 2.64 bits per heavy atom. The van der Waals surface area contributed by atoms with Crippen LogP contribution >= 0.6 is 56.5 Å². The van der Waals surface area contributed by atoms with E-state index < -0.39 is 7.12 Å². The molecule has 0 radical (unpaired) electrons. The smallest absolute Gasteiger partial charge is 0.423 e. The number of hydrogen-bond acceptors (Lipinski definition) is 3. The van der Waals surface area contributed by atoms with E-state index in [1.807, 2.05) is 11.4 Å². The Labute approximate surface area is 113 Å². The van der Waals surface area contributed by atoms with E-state index in [9.17, 15) is 10.0 Å². The zero-order chi connectivity index (χ0) is 10.3. The molecule has 0 unspecified atom stereocenters. The van der Waals surface area contributed by atoms with E-state index in [1.54, 1.807) is 11.3 Å². The van der Waals surface area contributed by atoms with Crippen LogP contribution in [0.1, 0.15) is 0 Å². The van der Waals surface area contributed by atoms with Crippen molar-refractivity contribution in [3.63, 3.8) is 0 Å². The SMILES string of the molecule is OB(O)c1cc(I)c2ccsc2c1I. The average Bonchev–Trinajstić information content (AvgIpc) is 2.59. The molecular weight excluding hydrogens is 425 g/mol. The first-order valence-corrected chi connectivity index (χ1v) is 6.86. The lowest BCUT2D eigenvalue weighted by Crippen LogP contribution is -2.32. The summed E-state index contributed by atoms with van der Waals surface area (Å²) in [4.78, 5) is 0. The van der Waals surface area contributed by atoms with Gasteiger partial charge < -0.3 is 10.0 Å². The molecule has 0 aliphatic carbocycles. The van der Waals surface area contributed by atoms with Crippen molar-refractivity contribution in [3.05, 3.63) is 24.7 Å². The molecule has 1 aromatic carbocycles. The van der Waals surface area contributed by atoms with Crippen molar-refractivity contribution in [1.82, 2.24) is 0 Å². The van der Waals surface area contributed by atoms with Crippen LogP contribution < -0.4 is 5.46 Å². The summed E-state index contributed by atoms with van der Waals surface area (Å²) in [5, 5.41) is 21.6. The number of halogens is 2. The molecule has 6 heteroatoms. The first-order valence-electron chi connectivity index (χ1n) is 3.82. The Morgan fingerprint density at radius 1 is 1.29 bits per heavy atom. The first-order chi connectivity index (χ1) is 6.61. The monoisotopic (exact) mass is 430 g/mol. The summed E-state index contributed by atoms with van der Waals surface area (Å²) in [5.41, 5.74) is 0.588. The van der Waals surface area contributed by atoms with Gasteiger partial charge >= 0.3 is 7.12 Å². The highest BCUT2D eigenvalue weighted by Crippen LogP contribution is 2.28. The molecule has 0 fully saturated rings. The predicted octanol–water partition coefficient (Wildman–Crippen LogP) is 1.79. The summed E-state index contributed by atoms with van der Waals surface area (Å²) < 4.78 is 3.12. The summed E-state index contributed by atoms with van der Waals surface area (Å²) in [7, 11) is -1.39. The molecule has 0 spiro atoms. The molecule has 2 rings (SSSR count). The van der Waals surface area contributed by atoms with E-state index >= 15 is 0 Å². The summed E-state index contributed by atoms with van der Waals surface area (Å²) in [6.07, 6.45) is 0. The van der Waals surface area contributed by atoms with Gasteiger partial charge in [0, 0.05) is 17.2 Å². The van der Waals surface area contributed by atoms with Crippen LogP contribution in [-0.2, 0) is 0 Å². The largest absolute Gasteiger partial charge is 0.489 e. The van der Waals surface area contributed by atoms with Crippen LogP contribution in [0.2, 0.25) is 0 Å². The fraction of sp³-hybridized carbons (Fsp3) is 0. The lowest BCUT2D eigenvalue weighted by atomic mass is 9.80. The van der Waals surface area contributed by atoms with Crippen LogP contribution in [0.4, 0.5) is 0 Å². The third-order valence-electron chi connectivity index (χ3n) is 1.94. The fourth-order valence-electron chi connectivity index (χ4n) is 1.26. The zero-order valence-electron chi connectivity index (χ0n) is 6.87. The molecular formula is C8H5BI2O2S. The second kappa shape index (κ2) is 4.24. The van der Waals surface area contributed by atoms with E-state index in [4.69, 9.17) is 0 Å². The molecule has 2 N–H and O–H groups in total. The van der Waals surface area contributed by atoms with Gasteiger partial charge in [-0.3, -0.25) is 0 Å². The molecule has 0 saturated heterocycles. The molecule has 0 atom stereocenters. The molecule has 0 amide bonds. The second-order valence-electron chi connectivity index (χ2n) is 2.80. The predicted molar refractivity (Wildman–Crippen MR) is 77.1 cm³/mol. The number of benzene rings is 1. The van der Waals surface area contributed by atoms with Crippen LogP contribution in [0.25, 0.3) is 10.1 Å². The Kier molecular flexibility index (Phi) is 3.37. The van der Waals surface area contributed by atoms with E-state index in [1.165, 1.54) is 5.39 Å². The Morgan fingerprint density at radius 2 is 2.00 bits per heavy atom. The van der Waals surface area contributed by atoms with Crippen LogP contribution in [0.5, 0.6) is 0 Å². The van der Waals surface area contributed by atoms with Crippen molar-refractivity contribution in [1.29, 1.82) is 0 Å². The quantitative estimate of drug-likeness (QED) is 0.536. The Bertz CT molecular complexity index is 483. The van der Waals surface area contributed by atoms with Crippen molar-refractivity contribution in [2.24, 2.45) is 0 Å². The molecule has 0 saturated carbocycles. The van der Waals surface area contributed by atoms with Crippen molar-refractivity contribution in [2.75, 3.05) is 0 Å². The summed E-state index contributed by atoms with van der Waals surface area (Å²) in [6.45, 7) is 0. The van der Waals surface area contributed by atoms with E-state index in [2.05, 4.69) is 51.2 Å². The maximum atomic E-state index is 9.18. The van der Waals surface area contributed by atoms with Gasteiger partial charge in [-0.2, -0.15) is 0 Å². The lowest BCUT2D eigenvalue weighted by Gasteiger charge is -2.05. The van der Waals surface area contributed by atoms with Gasteiger partial charge in [0.15, 0.2) is 0 Å². The summed E-state index contributed by atoms with van der Waals surface area (Å²) >= 11 is 5.99. The number of rotatable bonds is 1. The van der Waals surface area contributed by atoms with Crippen LogP contribution in [0, 0.1) is 7.14 Å². The van der Waals surface area contributed by atoms with Gasteiger partial charge in [0.25, 0.3) is 0 Å². The number of hydrogen-bond donors (Lipinski definition) is 2. The molecule has 14 heavy (non-hydrogen) atoms. The first kappa shape index (κ1) is 11.1. The van der Waals surface area contributed by atoms with Gasteiger partial charge in [0.2, 0.25) is 0 Å². The molecule has 0 bridgehead atoms. The lowest BCUT2D eigenvalue weighted by molar-refractivity contribution is 0.425. The minimum Gasteiger partial charge on any atom is -0.423 e. The topological polar surface area (TPSA) is 40.5 Å². The normalized spacial score (nSPS) is 10.9. The minimum absolute atomic E-state index is 0.588. The van der Waals surface area contributed by atoms with E-state index in [0.29, 0.717) is 5.46 Å². The Balaban J connectivity index is 2.82. The number of fused-ring (bicyclic) bond motifs is 1. The van der Waals surface area contributed by atoms with Crippen molar-refractivity contribution in [2.45, 2.75) is 0 Å². The van der Waals surface area contributed by atoms with Gasteiger partial charge in [0.1, 0.15) is 0 Å². The van der Waals surface area contributed by atoms with Gasteiger partial charge in [0.05, 0.1) is 0 Å².